The Labute approximate surface area is 121 Å². The van der Waals surface area contributed by atoms with Crippen LogP contribution in [0.2, 0.25) is 0 Å². The van der Waals surface area contributed by atoms with E-state index in [1.807, 2.05) is 12.1 Å². The maximum absolute atomic E-state index is 11.4. The Balaban J connectivity index is 2.67. The molecule has 0 N–H and O–H groups in total. The van der Waals surface area contributed by atoms with Crippen molar-refractivity contribution in [1.82, 2.24) is 0 Å². The fourth-order valence-corrected chi connectivity index (χ4v) is 2.80. The predicted molar refractivity (Wildman–Crippen MR) is 85.6 cm³/mol. The molecule has 20 heavy (non-hydrogen) atoms. The lowest BCUT2D eigenvalue weighted by Crippen LogP contribution is -2.00. The molecule has 1 nitrogen and oxygen atoms in total. The van der Waals surface area contributed by atoms with E-state index in [9.17, 15) is 4.79 Å². The summed E-state index contributed by atoms with van der Waals surface area (Å²) in [6.07, 6.45) is 0. The van der Waals surface area contributed by atoms with Gasteiger partial charge in [-0.15, -0.1) is 0 Å². The number of ketones is 1. The second-order valence-electron chi connectivity index (χ2n) is 5.63. The molecule has 0 saturated carbocycles. The standard InChI is InChI=1S/C19H22O/c1-11-12(2)14(4)19(15(5)13(11)3)18-9-7-17(8-10-18)16(6)20/h7-10H,1-6H3. The molecule has 0 atom stereocenters. The van der Waals surface area contributed by atoms with Gasteiger partial charge >= 0.3 is 0 Å². The molecule has 0 aliphatic rings. The van der Waals surface area contributed by atoms with E-state index in [1.54, 1.807) is 6.92 Å². The Morgan fingerprint density at radius 3 is 1.50 bits per heavy atom. The molecule has 0 saturated heterocycles. The van der Waals surface area contributed by atoms with Crippen LogP contribution < -0.4 is 0 Å². The molecule has 1 heteroatoms. The molecule has 0 radical (unpaired) electrons. The van der Waals surface area contributed by atoms with Crippen molar-refractivity contribution in [3.63, 3.8) is 0 Å². The monoisotopic (exact) mass is 266 g/mol. The summed E-state index contributed by atoms with van der Waals surface area (Å²) < 4.78 is 0. The summed E-state index contributed by atoms with van der Waals surface area (Å²) in [4.78, 5) is 11.4. The fraction of sp³-hybridized carbons (Fsp3) is 0.316. The summed E-state index contributed by atoms with van der Waals surface area (Å²) in [7, 11) is 0. The normalized spacial score (nSPS) is 10.7. The van der Waals surface area contributed by atoms with Gasteiger partial charge in [0.05, 0.1) is 0 Å². The summed E-state index contributed by atoms with van der Waals surface area (Å²) in [5.74, 6) is 0.112. The third kappa shape index (κ3) is 2.29. The van der Waals surface area contributed by atoms with E-state index < -0.39 is 0 Å². The summed E-state index contributed by atoms with van der Waals surface area (Å²) in [5, 5.41) is 0. The van der Waals surface area contributed by atoms with E-state index >= 15 is 0 Å². The van der Waals surface area contributed by atoms with E-state index in [1.165, 1.54) is 38.9 Å². The van der Waals surface area contributed by atoms with Crippen LogP contribution >= 0.6 is 0 Å². The van der Waals surface area contributed by atoms with Gasteiger partial charge in [-0.3, -0.25) is 4.79 Å². The molecule has 0 fully saturated rings. The zero-order chi connectivity index (χ0) is 15.0. The first kappa shape index (κ1) is 14.5. The number of hydrogen-bond acceptors (Lipinski definition) is 1. The molecule has 104 valence electrons. The zero-order valence-corrected chi connectivity index (χ0v) is 13.2. The minimum Gasteiger partial charge on any atom is -0.295 e. The second-order valence-corrected chi connectivity index (χ2v) is 5.63. The van der Waals surface area contributed by atoms with E-state index in [-0.39, 0.29) is 5.78 Å². The highest BCUT2D eigenvalue weighted by atomic mass is 16.1. The highest BCUT2D eigenvalue weighted by molar-refractivity contribution is 5.94. The van der Waals surface area contributed by atoms with Crippen LogP contribution in [0.5, 0.6) is 0 Å². The number of rotatable bonds is 2. The smallest absolute Gasteiger partial charge is 0.159 e. The fourth-order valence-electron chi connectivity index (χ4n) is 2.80. The zero-order valence-electron chi connectivity index (χ0n) is 13.2. The minimum absolute atomic E-state index is 0.112. The summed E-state index contributed by atoms with van der Waals surface area (Å²) in [6.45, 7) is 12.5. The molecule has 0 bridgehead atoms. The second kappa shape index (κ2) is 5.24. The summed E-state index contributed by atoms with van der Waals surface area (Å²) in [5.41, 5.74) is 10.0. The van der Waals surface area contributed by atoms with Crippen molar-refractivity contribution in [3.05, 3.63) is 57.6 Å². The van der Waals surface area contributed by atoms with E-state index in [2.05, 4.69) is 46.8 Å². The van der Waals surface area contributed by atoms with E-state index in [0.29, 0.717) is 0 Å². The molecule has 2 rings (SSSR count). The van der Waals surface area contributed by atoms with Crippen molar-refractivity contribution in [3.8, 4) is 11.1 Å². The van der Waals surface area contributed by atoms with Gasteiger partial charge in [0, 0.05) is 5.56 Å². The van der Waals surface area contributed by atoms with Crippen LogP contribution in [0.25, 0.3) is 11.1 Å². The molecule has 2 aromatic carbocycles. The average Bonchev–Trinajstić information content (AvgIpc) is 2.44. The van der Waals surface area contributed by atoms with Crippen molar-refractivity contribution >= 4 is 5.78 Å². The van der Waals surface area contributed by atoms with Gasteiger partial charge in [-0.25, -0.2) is 0 Å². The predicted octanol–water partition coefficient (Wildman–Crippen LogP) is 5.10. The topological polar surface area (TPSA) is 17.1 Å². The molecule has 0 spiro atoms. The number of Topliss-reactive ketones (excluding diaryl/α,β-unsaturated/α-hetero) is 1. The van der Waals surface area contributed by atoms with Crippen molar-refractivity contribution < 1.29 is 4.79 Å². The van der Waals surface area contributed by atoms with Crippen LogP contribution in [0.4, 0.5) is 0 Å². The van der Waals surface area contributed by atoms with Gasteiger partial charge in [0.1, 0.15) is 0 Å². The Bertz CT molecular complexity index is 647. The lowest BCUT2D eigenvalue weighted by atomic mass is 9.86. The van der Waals surface area contributed by atoms with Gasteiger partial charge in [0.15, 0.2) is 5.78 Å². The number of hydrogen-bond donors (Lipinski definition) is 0. The van der Waals surface area contributed by atoms with Crippen LogP contribution in [-0.2, 0) is 0 Å². The van der Waals surface area contributed by atoms with Crippen LogP contribution in [0, 0.1) is 34.6 Å². The third-order valence-electron chi connectivity index (χ3n) is 4.58. The lowest BCUT2D eigenvalue weighted by molar-refractivity contribution is 0.101. The molecule has 0 aliphatic heterocycles. The molecule has 0 aromatic heterocycles. The Morgan fingerprint density at radius 1 is 0.700 bits per heavy atom. The van der Waals surface area contributed by atoms with Gasteiger partial charge in [-0.2, -0.15) is 0 Å². The van der Waals surface area contributed by atoms with E-state index in [0.717, 1.165) is 5.56 Å². The van der Waals surface area contributed by atoms with Crippen LogP contribution in [-0.4, -0.2) is 5.78 Å². The average molecular weight is 266 g/mol. The third-order valence-corrected chi connectivity index (χ3v) is 4.58. The van der Waals surface area contributed by atoms with Crippen molar-refractivity contribution in [1.29, 1.82) is 0 Å². The SMILES string of the molecule is CC(=O)c1ccc(-c2c(C)c(C)c(C)c(C)c2C)cc1. The van der Waals surface area contributed by atoms with Gasteiger partial charge in [-0.05, 0) is 80.5 Å². The van der Waals surface area contributed by atoms with Crippen LogP contribution in [0.1, 0.15) is 45.1 Å². The molecule has 0 aliphatic carbocycles. The highest BCUT2D eigenvalue weighted by Gasteiger charge is 2.13. The molecule has 0 heterocycles. The van der Waals surface area contributed by atoms with E-state index in [4.69, 9.17) is 0 Å². The number of carbonyl (C=O) groups is 1. The summed E-state index contributed by atoms with van der Waals surface area (Å²) in [6, 6.07) is 7.95. The Morgan fingerprint density at radius 2 is 1.10 bits per heavy atom. The summed E-state index contributed by atoms with van der Waals surface area (Å²) >= 11 is 0. The van der Waals surface area contributed by atoms with Crippen molar-refractivity contribution in [2.45, 2.75) is 41.5 Å². The van der Waals surface area contributed by atoms with Gasteiger partial charge < -0.3 is 0 Å². The van der Waals surface area contributed by atoms with Gasteiger partial charge in [0.25, 0.3) is 0 Å². The Kier molecular flexibility index (Phi) is 3.80. The number of benzene rings is 2. The van der Waals surface area contributed by atoms with Crippen molar-refractivity contribution in [2.24, 2.45) is 0 Å². The Hall–Kier alpha value is -1.89. The lowest BCUT2D eigenvalue weighted by Gasteiger charge is -2.19. The largest absolute Gasteiger partial charge is 0.295 e. The molecule has 0 amide bonds. The van der Waals surface area contributed by atoms with Gasteiger partial charge in [0.2, 0.25) is 0 Å². The first-order valence-electron chi connectivity index (χ1n) is 7.03. The van der Waals surface area contributed by atoms with Crippen LogP contribution in [0.15, 0.2) is 24.3 Å². The molecule has 2 aromatic rings. The molecular formula is C19H22O. The first-order valence-corrected chi connectivity index (χ1v) is 7.03. The maximum atomic E-state index is 11.4. The number of carbonyl (C=O) groups excluding carboxylic acids is 1. The minimum atomic E-state index is 0.112. The molecule has 0 unspecified atom stereocenters. The highest BCUT2D eigenvalue weighted by Crippen LogP contribution is 2.34. The van der Waals surface area contributed by atoms with Crippen molar-refractivity contribution in [2.75, 3.05) is 0 Å². The quantitative estimate of drug-likeness (QED) is 0.691. The maximum Gasteiger partial charge on any atom is 0.159 e. The van der Waals surface area contributed by atoms with Crippen LogP contribution in [0.3, 0.4) is 0 Å². The van der Waals surface area contributed by atoms with Gasteiger partial charge in [-0.1, -0.05) is 24.3 Å². The first-order chi connectivity index (χ1) is 9.34. The molecular weight excluding hydrogens is 244 g/mol.